The third kappa shape index (κ3) is 7.25. The largest absolute Gasteiger partial charge is 0.473 e. The molecule has 4 aromatic rings. The molecule has 2 atom stereocenters. The number of pyridine rings is 1. The Labute approximate surface area is 266 Å². The zero-order valence-corrected chi connectivity index (χ0v) is 26.7. The number of rotatable bonds is 8. The van der Waals surface area contributed by atoms with Crippen molar-refractivity contribution in [1.82, 2.24) is 9.88 Å². The molecule has 3 aromatic carbocycles. The van der Waals surface area contributed by atoms with Crippen LogP contribution in [0.15, 0.2) is 91.0 Å². The summed E-state index contributed by atoms with van der Waals surface area (Å²) < 4.78 is 18.2. The molecular weight excluding hydrogens is 562 g/mol. The van der Waals surface area contributed by atoms with Crippen LogP contribution in [-0.4, -0.2) is 46.8 Å². The van der Waals surface area contributed by atoms with Gasteiger partial charge in [-0.2, -0.15) is 4.98 Å². The normalized spacial score (nSPS) is 18.0. The summed E-state index contributed by atoms with van der Waals surface area (Å²) in [7, 11) is 0. The molecule has 1 fully saturated rings. The summed E-state index contributed by atoms with van der Waals surface area (Å²) in [5.41, 5.74) is 6.34. The summed E-state index contributed by atoms with van der Waals surface area (Å²) >= 11 is 0. The van der Waals surface area contributed by atoms with E-state index in [1.165, 1.54) is 11.3 Å². The number of carbonyl (C=O) groups is 1. The molecule has 0 spiro atoms. The summed E-state index contributed by atoms with van der Waals surface area (Å²) in [5.74, 6) is 1.10. The van der Waals surface area contributed by atoms with Crippen LogP contribution in [0.2, 0.25) is 0 Å². The van der Waals surface area contributed by atoms with E-state index >= 15 is 0 Å². The molecule has 0 unspecified atom stereocenters. The summed E-state index contributed by atoms with van der Waals surface area (Å²) in [6.07, 6.45) is 2.54. The number of carbonyl (C=O) groups excluding carboxylic acids is 1. The van der Waals surface area contributed by atoms with Crippen LogP contribution in [0.4, 0.5) is 10.5 Å². The van der Waals surface area contributed by atoms with Gasteiger partial charge in [-0.05, 0) is 81.3 Å². The van der Waals surface area contributed by atoms with Crippen LogP contribution in [-0.2, 0) is 24.4 Å². The van der Waals surface area contributed by atoms with Crippen molar-refractivity contribution >= 4 is 11.8 Å². The maximum Gasteiger partial charge on any atom is 0.410 e. The van der Waals surface area contributed by atoms with E-state index in [9.17, 15) is 4.79 Å². The number of fused-ring (bicyclic) bond motifs is 1. The molecule has 45 heavy (non-hydrogen) atoms. The highest BCUT2D eigenvalue weighted by molar-refractivity contribution is 5.79. The van der Waals surface area contributed by atoms with Crippen LogP contribution in [0.25, 0.3) is 11.1 Å². The third-order valence-corrected chi connectivity index (χ3v) is 8.55. The first kappa shape index (κ1) is 30.5. The molecule has 1 amide bonds. The average molecular weight is 606 g/mol. The lowest BCUT2D eigenvalue weighted by Gasteiger charge is -2.42. The van der Waals surface area contributed by atoms with Gasteiger partial charge in [0.15, 0.2) is 0 Å². The van der Waals surface area contributed by atoms with E-state index in [0.717, 1.165) is 48.1 Å². The first-order chi connectivity index (χ1) is 21.7. The first-order valence-corrected chi connectivity index (χ1v) is 16.0. The number of likely N-dealkylation sites (tertiary alicyclic amines) is 1. The van der Waals surface area contributed by atoms with Gasteiger partial charge in [0, 0.05) is 42.5 Å². The van der Waals surface area contributed by atoms with Crippen molar-refractivity contribution in [3.8, 4) is 22.9 Å². The van der Waals surface area contributed by atoms with Gasteiger partial charge in [-0.1, -0.05) is 72.8 Å². The van der Waals surface area contributed by atoms with Gasteiger partial charge in [-0.15, -0.1) is 0 Å². The van der Waals surface area contributed by atoms with Crippen LogP contribution in [0.1, 0.15) is 57.2 Å². The number of hydrogen-bond acceptors (Lipinski definition) is 6. The highest BCUT2D eigenvalue weighted by atomic mass is 16.6. The maximum absolute atomic E-state index is 12.8. The molecule has 7 heteroatoms. The van der Waals surface area contributed by atoms with Crippen LogP contribution in [0, 0.1) is 0 Å². The lowest BCUT2D eigenvalue weighted by atomic mass is 9.96. The van der Waals surface area contributed by atoms with Crippen molar-refractivity contribution in [2.45, 2.75) is 77.9 Å². The molecule has 1 saturated heterocycles. The molecule has 6 rings (SSSR count). The van der Waals surface area contributed by atoms with Gasteiger partial charge < -0.3 is 24.0 Å². The van der Waals surface area contributed by atoms with Crippen molar-refractivity contribution in [1.29, 1.82) is 0 Å². The van der Waals surface area contributed by atoms with E-state index in [-0.39, 0.29) is 12.1 Å². The molecule has 234 valence electrons. The number of nitrogens with zero attached hydrogens (tertiary/aromatic N) is 3. The fourth-order valence-electron chi connectivity index (χ4n) is 6.39. The first-order valence-electron chi connectivity index (χ1n) is 16.0. The second-order valence-corrected chi connectivity index (χ2v) is 13.0. The predicted octanol–water partition coefficient (Wildman–Crippen LogP) is 8.06. The number of amides is 1. The number of anilines is 1. The van der Waals surface area contributed by atoms with Crippen molar-refractivity contribution in [2.75, 3.05) is 18.0 Å². The molecule has 0 aliphatic carbocycles. The van der Waals surface area contributed by atoms with E-state index in [2.05, 4.69) is 48.2 Å². The van der Waals surface area contributed by atoms with E-state index in [4.69, 9.17) is 19.2 Å². The van der Waals surface area contributed by atoms with Gasteiger partial charge >= 0.3 is 6.09 Å². The summed E-state index contributed by atoms with van der Waals surface area (Å²) in [5, 5.41) is 0. The minimum Gasteiger partial charge on any atom is -0.473 e. The van der Waals surface area contributed by atoms with Gasteiger partial charge in [-0.25, -0.2) is 4.79 Å². The van der Waals surface area contributed by atoms with Crippen molar-refractivity contribution in [3.63, 3.8) is 0 Å². The zero-order chi connectivity index (χ0) is 31.4. The zero-order valence-electron chi connectivity index (χ0n) is 26.7. The Morgan fingerprint density at radius 3 is 2.18 bits per heavy atom. The fourth-order valence-corrected chi connectivity index (χ4v) is 6.39. The minimum atomic E-state index is -0.497. The van der Waals surface area contributed by atoms with Gasteiger partial charge in [0.2, 0.25) is 11.8 Å². The Hall–Kier alpha value is -4.52. The lowest BCUT2D eigenvalue weighted by Crippen LogP contribution is -2.52. The predicted molar refractivity (Wildman–Crippen MR) is 178 cm³/mol. The summed E-state index contributed by atoms with van der Waals surface area (Å²) in [4.78, 5) is 22.1. The van der Waals surface area contributed by atoms with Gasteiger partial charge in [0.1, 0.15) is 18.8 Å². The molecule has 0 bridgehead atoms. The molecule has 1 aromatic heterocycles. The molecule has 0 radical (unpaired) electrons. The second-order valence-electron chi connectivity index (χ2n) is 13.0. The van der Waals surface area contributed by atoms with Crippen LogP contribution >= 0.6 is 0 Å². The van der Waals surface area contributed by atoms with Crippen molar-refractivity contribution in [2.24, 2.45) is 0 Å². The number of aromatic nitrogens is 1. The monoisotopic (exact) mass is 605 g/mol. The molecule has 7 nitrogen and oxygen atoms in total. The van der Waals surface area contributed by atoms with E-state index in [1.54, 1.807) is 0 Å². The quantitative estimate of drug-likeness (QED) is 0.202. The molecule has 3 heterocycles. The Balaban J connectivity index is 1.23. The minimum absolute atomic E-state index is 0.108. The van der Waals surface area contributed by atoms with Crippen LogP contribution in [0.3, 0.4) is 0 Å². The lowest BCUT2D eigenvalue weighted by molar-refractivity contribution is 0.0104. The van der Waals surface area contributed by atoms with Crippen molar-refractivity contribution < 1.29 is 19.0 Å². The number of benzene rings is 3. The van der Waals surface area contributed by atoms with Crippen LogP contribution < -0.4 is 14.4 Å². The second kappa shape index (κ2) is 13.2. The number of piperidine rings is 1. The van der Waals surface area contributed by atoms with Gasteiger partial charge in [0.25, 0.3) is 0 Å². The topological polar surface area (TPSA) is 64.1 Å². The smallest absolute Gasteiger partial charge is 0.410 e. The van der Waals surface area contributed by atoms with E-state index in [1.807, 2.05) is 80.3 Å². The Kier molecular flexibility index (Phi) is 8.97. The Bertz CT molecular complexity index is 1600. The molecular formula is C38H43N3O4. The average Bonchev–Trinajstić information content (AvgIpc) is 3.47. The molecule has 2 aliphatic heterocycles. The molecule has 0 N–H and O–H groups in total. The molecule has 0 saturated carbocycles. The highest BCUT2D eigenvalue weighted by Gasteiger charge is 2.36. The maximum atomic E-state index is 12.8. The number of ether oxygens (including phenoxy) is 3. The number of hydrogen-bond donors (Lipinski definition) is 0. The van der Waals surface area contributed by atoms with Gasteiger partial charge in [-0.3, -0.25) is 0 Å². The van der Waals surface area contributed by atoms with Gasteiger partial charge in [0.05, 0.1) is 0 Å². The SMILES string of the molecule is C[C@H]1C[C@@H](N2CCc3c(-c4ccc(OCc5ccccc5)nc4OCc4ccccc4)cccc32)CCN1C(=O)OC(C)(C)C. The van der Waals surface area contributed by atoms with Crippen molar-refractivity contribution in [3.05, 3.63) is 108 Å². The van der Waals surface area contributed by atoms with E-state index < -0.39 is 5.60 Å². The summed E-state index contributed by atoms with van der Waals surface area (Å²) in [6, 6.07) is 31.3. The molecule has 2 aliphatic rings. The fraction of sp³-hybridized carbons (Fsp3) is 0.368. The third-order valence-electron chi connectivity index (χ3n) is 8.55. The Morgan fingerprint density at radius 2 is 1.51 bits per heavy atom. The summed E-state index contributed by atoms with van der Waals surface area (Å²) in [6.45, 7) is 10.4. The van der Waals surface area contributed by atoms with Crippen LogP contribution in [0.5, 0.6) is 11.8 Å². The van der Waals surface area contributed by atoms with E-state index in [0.29, 0.717) is 37.6 Å². The standard InChI is InChI=1S/C38H43N3O4/c1-27-24-30(20-22-40(27)37(42)45-38(2,3)4)41-23-21-32-31(16-11-17-34(32)41)33-18-19-35(43-25-28-12-7-5-8-13-28)39-36(33)44-26-29-14-9-6-10-15-29/h5-19,27,30H,20-26H2,1-4H3/t27-,30-/m0/s1. The Morgan fingerprint density at radius 1 is 0.822 bits per heavy atom. The highest BCUT2D eigenvalue weighted by Crippen LogP contribution is 2.42.